The third-order valence-corrected chi connectivity index (χ3v) is 6.73. The number of ether oxygens (including phenoxy) is 1. The van der Waals surface area contributed by atoms with Crippen molar-refractivity contribution in [2.75, 3.05) is 38.8 Å². The maximum Gasteiger partial charge on any atom is 0.224 e. The zero-order valence-corrected chi connectivity index (χ0v) is 17.7. The molecule has 0 spiro atoms. The Hall–Kier alpha value is -1.60. The minimum absolute atomic E-state index is 0.0305. The van der Waals surface area contributed by atoms with Crippen LogP contribution in [0.2, 0.25) is 0 Å². The fourth-order valence-electron chi connectivity index (χ4n) is 3.38. The molecule has 0 aromatic heterocycles. The average Bonchev–Trinajstić information content (AvgIpc) is 2.99. The Kier molecular flexibility index (Phi) is 7.68. The molecule has 6 nitrogen and oxygen atoms in total. The van der Waals surface area contributed by atoms with Crippen LogP contribution in [0, 0.1) is 5.92 Å². The summed E-state index contributed by atoms with van der Waals surface area (Å²) in [6, 6.07) is 7.80. The van der Waals surface area contributed by atoms with E-state index >= 15 is 0 Å². The number of carbonyl (C=O) groups excluding carboxylic acids is 1. The van der Waals surface area contributed by atoms with Crippen molar-refractivity contribution in [1.82, 2.24) is 9.80 Å². The lowest BCUT2D eigenvalue weighted by molar-refractivity contribution is -0.132. The van der Waals surface area contributed by atoms with Crippen LogP contribution >= 0.6 is 0 Å². The average molecular weight is 397 g/mol. The number of amides is 1. The summed E-state index contributed by atoms with van der Waals surface area (Å²) < 4.78 is 28.5. The van der Waals surface area contributed by atoms with E-state index in [9.17, 15) is 13.2 Å². The summed E-state index contributed by atoms with van der Waals surface area (Å²) >= 11 is 0. The number of methoxy groups -OCH3 is 1. The number of hydrogen-bond acceptors (Lipinski definition) is 5. The molecular weight excluding hydrogens is 364 g/mol. The molecule has 0 bridgehead atoms. The van der Waals surface area contributed by atoms with Crippen LogP contribution < -0.4 is 4.74 Å². The van der Waals surface area contributed by atoms with Crippen LogP contribution in [0.25, 0.3) is 0 Å². The van der Waals surface area contributed by atoms with E-state index in [1.165, 1.54) is 0 Å². The van der Waals surface area contributed by atoms with Gasteiger partial charge in [-0.05, 0) is 37.1 Å². The Morgan fingerprint density at radius 3 is 2.44 bits per heavy atom. The second-order valence-corrected chi connectivity index (χ2v) is 10.0. The van der Waals surface area contributed by atoms with Gasteiger partial charge in [-0.25, -0.2) is 8.42 Å². The van der Waals surface area contributed by atoms with Gasteiger partial charge in [-0.1, -0.05) is 26.0 Å². The molecule has 2 rings (SSSR count). The molecule has 1 heterocycles. The van der Waals surface area contributed by atoms with Crippen LogP contribution in [0.5, 0.6) is 5.75 Å². The number of nitrogens with zero attached hydrogens (tertiary/aromatic N) is 2. The topological polar surface area (TPSA) is 66.9 Å². The quantitative estimate of drug-likeness (QED) is 0.640. The van der Waals surface area contributed by atoms with Crippen LogP contribution in [0.3, 0.4) is 0 Å². The molecule has 1 aliphatic rings. The summed E-state index contributed by atoms with van der Waals surface area (Å²) in [6.07, 6.45) is 1.06. The molecule has 7 heteroatoms. The first-order chi connectivity index (χ1) is 12.7. The minimum Gasteiger partial charge on any atom is -0.497 e. The summed E-state index contributed by atoms with van der Waals surface area (Å²) in [7, 11) is 0.641. The van der Waals surface area contributed by atoms with Gasteiger partial charge in [-0.15, -0.1) is 0 Å². The third-order valence-electron chi connectivity index (χ3n) is 4.98. The van der Waals surface area contributed by atoms with E-state index in [0.29, 0.717) is 38.4 Å². The molecule has 0 radical (unpaired) electrons. The van der Waals surface area contributed by atoms with Crippen molar-refractivity contribution in [3.05, 3.63) is 29.8 Å². The lowest BCUT2D eigenvalue weighted by atomic mass is 10.1. The van der Waals surface area contributed by atoms with Gasteiger partial charge in [-0.2, -0.15) is 0 Å². The normalized spacial score (nSPS) is 18.8. The molecule has 1 aromatic rings. The number of hydrogen-bond donors (Lipinski definition) is 0. The van der Waals surface area contributed by atoms with E-state index in [1.54, 1.807) is 7.11 Å². The van der Waals surface area contributed by atoms with Gasteiger partial charge in [-0.3, -0.25) is 4.79 Å². The molecule has 0 saturated carbocycles. The van der Waals surface area contributed by atoms with E-state index in [1.807, 2.05) is 41.1 Å². The number of rotatable bonds is 9. The predicted molar refractivity (Wildman–Crippen MR) is 108 cm³/mol. The highest BCUT2D eigenvalue weighted by Crippen LogP contribution is 2.18. The zero-order valence-electron chi connectivity index (χ0n) is 16.8. The van der Waals surface area contributed by atoms with Gasteiger partial charge in [0.15, 0.2) is 9.84 Å². The molecule has 1 amide bonds. The highest BCUT2D eigenvalue weighted by Gasteiger charge is 2.30. The molecule has 1 atom stereocenters. The third kappa shape index (κ3) is 6.81. The molecule has 27 heavy (non-hydrogen) atoms. The van der Waals surface area contributed by atoms with Gasteiger partial charge < -0.3 is 14.5 Å². The van der Waals surface area contributed by atoms with Crippen molar-refractivity contribution in [3.8, 4) is 5.75 Å². The van der Waals surface area contributed by atoms with Gasteiger partial charge in [0.1, 0.15) is 5.75 Å². The van der Waals surface area contributed by atoms with Gasteiger partial charge in [0.25, 0.3) is 0 Å². The molecular formula is C20H32N2O4S. The van der Waals surface area contributed by atoms with Crippen molar-refractivity contribution in [1.29, 1.82) is 0 Å². The molecule has 152 valence electrons. The summed E-state index contributed by atoms with van der Waals surface area (Å²) in [4.78, 5) is 16.7. The van der Waals surface area contributed by atoms with Crippen LogP contribution in [0.4, 0.5) is 0 Å². The first-order valence-corrected chi connectivity index (χ1v) is 11.3. The Bertz CT molecular complexity index is 716. The highest BCUT2D eigenvalue weighted by molar-refractivity contribution is 7.91. The second-order valence-electron chi connectivity index (χ2n) is 7.80. The van der Waals surface area contributed by atoms with Gasteiger partial charge >= 0.3 is 0 Å². The van der Waals surface area contributed by atoms with Gasteiger partial charge in [0.05, 0.1) is 18.6 Å². The second kappa shape index (κ2) is 9.55. The smallest absolute Gasteiger partial charge is 0.224 e. The summed E-state index contributed by atoms with van der Waals surface area (Å²) in [6.45, 7) is 6.05. The van der Waals surface area contributed by atoms with Crippen LogP contribution in [0.1, 0.15) is 32.3 Å². The summed E-state index contributed by atoms with van der Waals surface area (Å²) in [5.74, 6) is 1.75. The lowest BCUT2D eigenvalue weighted by Crippen LogP contribution is -2.38. The number of benzene rings is 1. The van der Waals surface area contributed by atoms with Crippen LogP contribution in [-0.4, -0.2) is 68.9 Å². The number of carbonyl (C=O) groups is 1. The maximum absolute atomic E-state index is 12.8. The first kappa shape index (κ1) is 21.7. The van der Waals surface area contributed by atoms with E-state index in [2.05, 4.69) is 13.8 Å². The van der Waals surface area contributed by atoms with Crippen LogP contribution in [0.15, 0.2) is 24.3 Å². The molecule has 1 aliphatic heterocycles. The highest BCUT2D eigenvalue weighted by atomic mass is 32.2. The lowest BCUT2D eigenvalue weighted by Gasteiger charge is -2.27. The van der Waals surface area contributed by atoms with E-state index in [4.69, 9.17) is 4.74 Å². The fourth-order valence-corrected chi connectivity index (χ4v) is 5.19. The van der Waals surface area contributed by atoms with Gasteiger partial charge in [0.2, 0.25) is 5.91 Å². The Balaban J connectivity index is 1.93. The van der Waals surface area contributed by atoms with Crippen molar-refractivity contribution in [3.63, 3.8) is 0 Å². The monoisotopic (exact) mass is 396 g/mol. The minimum atomic E-state index is -2.91. The Morgan fingerprint density at radius 2 is 1.93 bits per heavy atom. The largest absolute Gasteiger partial charge is 0.497 e. The fraction of sp³-hybridized carbons (Fsp3) is 0.650. The van der Waals surface area contributed by atoms with E-state index < -0.39 is 9.84 Å². The molecule has 1 saturated heterocycles. The summed E-state index contributed by atoms with van der Waals surface area (Å²) in [5.41, 5.74) is 1.07. The van der Waals surface area contributed by atoms with E-state index in [-0.39, 0.29) is 23.5 Å². The molecule has 1 aromatic carbocycles. The standard InChI is InChI=1S/C20H32N2O4S/c1-16(2)13-22(14-17-5-7-19(26-4)8-6-17)20(23)9-11-21(3)18-10-12-27(24,25)15-18/h5-8,16,18H,9-15H2,1-4H3. The SMILES string of the molecule is COc1ccc(CN(CC(C)C)C(=O)CCN(C)C2CCS(=O)(=O)C2)cc1. The molecule has 1 fully saturated rings. The first-order valence-electron chi connectivity index (χ1n) is 9.51. The van der Waals surface area contributed by atoms with Crippen molar-refractivity contribution < 1.29 is 17.9 Å². The zero-order chi connectivity index (χ0) is 20.0. The molecule has 0 N–H and O–H groups in total. The predicted octanol–water partition coefficient (Wildman–Crippen LogP) is 2.19. The van der Waals surface area contributed by atoms with Crippen LogP contribution in [-0.2, 0) is 21.2 Å². The Morgan fingerprint density at radius 1 is 1.26 bits per heavy atom. The van der Waals surface area contributed by atoms with Crippen molar-refractivity contribution in [2.24, 2.45) is 5.92 Å². The molecule has 0 aliphatic carbocycles. The van der Waals surface area contributed by atoms with Crippen molar-refractivity contribution in [2.45, 2.75) is 39.3 Å². The molecule has 1 unspecified atom stereocenters. The maximum atomic E-state index is 12.8. The van der Waals surface area contributed by atoms with E-state index in [0.717, 1.165) is 11.3 Å². The van der Waals surface area contributed by atoms with Crippen molar-refractivity contribution >= 4 is 15.7 Å². The number of sulfone groups is 1. The Labute approximate surface area is 163 Å². The summed E-state index contributed by atoms with van der Waals surface area (Å²) in [5, 5.41) is 0. The van der Waals surface area contributed by atoms with Gasteiger partial charge in [0, 0.05) is 32.1 Å².